The molecule has 1 aliphatic carbocycles. The van der Waals surface area contributed by atoms with Crippen LogP contribution >= 0.6 is 12.4 Å². The smallest absolute Gasteiger partial charge is 0.106 e. The Labute approximate surface area is 61.7 Å². The lowest BCUT2D eigenvalue weighted by atomic mass is 10.3. The summed E-state index contributed by atoms with van der Waals surface area (Å²) in [5, 5.41) is 3.80. The molecule has 0 N–H and O–H groups in total. The average molecular weight is 150 g/mol. The van der Waals surface area contributed by atoms with Crippen molar-refractivity contribution in [3.63, 3.8) is 0 Å². The Morgan fingerprint density at radius 2 is 2.11 bits per heavy atom. The Balaban J connectivity index is 0.000000640. The molecule has 0 spiro atoms. The van der Waals surface area contributed by atoms with E-state index in [2.05, 4.69) is 9.99 Å². The molecule has 54 valence electrons. The van der Waals surface area contributed by atoms with Crippen LogP contribution in [0.15, 0.2) is 5.16 Å². The van der Waals surface area contributed by atoms with Gasteiger partial charge in [0.1, 0.15) is 7.11 Å². The highest BCUT2D eigenvalue weighted by Gasteiger charge is 2.24. The number of hydrogen-bond donors (Lipinski definition) is 0. The summed E-state index contributed by atoms with van der Waals surface area (Å²) in [6.45, 7) is 2.02. The molecular weight excluding hydrogens is 138 g/mol. The second-order valence-electron chi connectivity index (χ2n) is 2.19. The van der Waals surface area contributed by atoms with Gasteiger partial charge in [-0.2, -0.15) is 0 Å². The van der Waals surface area contributed by atoms with Gasteiger partial charge in [0.15, 0.2) is 0 Å². The molecular formula is C6H12ClNO. The van der Waals surface area contributed by atoms with Crippen LogP contribution in [0, 0.1) is 5.92 Å². The molecule has 1 aliphatic rings. The van der Waals surface area contributed by atoms with Crippen LogP contribution in [0.3, 0.4) is 0 Å². The fraction of sp³-hybridized carbons (Fsp3) is 0.833. The third-order valence-electron chi connectivity index (χ3n) is 1.40. The maximum absolute atomic E-state index is 4.59. The first-order valence-electron chi connectivity index (χ1n) is 2.92. The van der Waals surface area contributed by atoms with Gasteiger partial charge in [-0.05, 0) is 19.8 Å². The van der Waals surface area contributed by atoms with E-state index < -0.39 is 0 Å². The van der Waals surface area contributed by atoms with Crippen molar-refractivity contribution in [1.82, 2.24) is 0 Å². The zero-order valence-corrected chi connectivity index (χ0v) is 6.57. The van der Waals surface area contributed by atoms with Gasteiger partial charge in [-0.15, -0.1) is 12.4 Å². The summed E-state index contributed by atoms with van der Waals surface area (Å²) in [6, 6.07) is 0. The lowest BCUT2D eigenvalue weighted by Gasteiger charge is -1.91. The number of nitrogens with zero attached hydrogens (tertiary/aromatic N) is 1. The minimum atomic E-state index is 0. The van der Waals surface area contributed by atoms with Crippen molar-refractivity contribution in [2.75, 3.05) is 7.11 Å². The van der Waals surface area contributed by atoms with Crippen molar-refractivity contribution >= 4 is 18.1 Å². The quantitative estimate of drug-likeness (QED) is 0.434. The second kappa shape index (κ2) is 3.72. The molecule has 0 amide bonds. The summed E-state index contributed by atoms with van der Waals surface area (Å²) in [6.07, 6.45) is 2.61. The molecule has 1 fully saturated rings. The Bertz CT molecular complexity index is 110. The van der Waals surface area contributed by atoms with Crippen LogP contribution in [0.25, 0.3) is 0 Å². The van der Waals surface area contributed by atoms with E-state index in [0.717, 1.165) is 11.6 Å². The van der Waals surface area contributed by atoms with E-state index in [1.165, 1.54) is 12.8 Å². The number of rotatable bonds is 2. The molecule has 0 aromatic rings. The first-order valence-corrected chi connectivity index (χ1v) is 2.92. The molecule has 9 heavy (non-hydrogen) atoms. The topological polar surface area (TPSA) is 21.6 Å². The van der Waals surface area contributed by atoms with Crippen LogP contribution in [-0.4, -0.2) is 12.8 Å². The van der Waals surface area contributed by atoms with Gasteiger partial charge in [-0.3, -0.25) is 0 Å². The predicted molar refractivity (Wildman–Crippen MR) is 40.1 cm³/mol. The molecule has 0 saturated heterocycles. The summed E-state index contributed by atoms with van der Waals surface area (Å²) in [7, 11) is 1.59. The second-order valence-corrected chi connectivity index (χ2v) is 2.19. The normalized spacial score (nSPS) is 18.7. The summed E-state index contributed by atoms with van der Waals surface area (Å²) in [5.74, 6) is 0.745. The van der Waals surface area contributed by atoms with Crippen LogP contribution in [0.5, 0.6) is 0 Å². The average Bonchev–Trinajstić information content (AvgIpc) is 2.45. The van der Waals surface area contributed by atoms with E-state index >= 15 is 0 Å². The zero-order valence-electron chi connectivity index (χ0n) is 5.76. The first-order chi connectivity index (χ1) is 3.84. The summed E-state index contributed by atoms with van der Waals surface area (Å²) in [4.78, 5) is 4.59. The SMILES string of the molecule is CON=C(C)C1CC1.Cl. The summed E-state index contributed by atoms with van der Waals surface area (Å²) < 4.78 is 0. The Morgan fingerprint density at radius 3 is 2.44 bits per heavy atom. The van der Waals surface area contributed by atoms with Gasteiger partial charge in [-0.1, -0.05) is 5.16 Å². The predicted octanol–water partition coefficient (Wildman–Crippen LogP) is 1.84. The third kappa shape index (κ3) is 2.70. The highest BCUT2D eigenvalue weighted by molar-refractivity contribution is 5.85. The minimum absolute atomic E-state index is 0. The van der Waals surface area contributed by atoms with Crippen molar-refractivity contribution in [1.29, 1.82) is 0 Å². The number of oxime groups is 1. The largest absolute Gasteiger partial charge is 0.399 e. The van der Waals surface area contributed by atoms with E-state index in [9.17, 15) is 0 Å². The van der Waals surface area contributed by atoms with Gasteiger partial charge in [-0.25, -0.2) is 0 Å². The monoisotopic (exact) mass is 149 g/mol. The molecule has 0 unspecified atom stereocenters. The Hall–Kier alpha value is -0.240. The van der Waals surface area contributed by atoms with Crippen LogP contribution < -0.4 is 0 Å². The van der Waals surface area contributed by atoms with Gasteiger partial charge < -0.3 is 4.84 Å². The molecule has 0 radical (unpaired) electrons. The van der Waals surface area contributed by atoms with Gasteiger partial charge in [0.05, 0.1) is 5.71 Å². The zero-order chi connectivity index (χ0) is 5.98. The third-order valence-corrected chi connectivity index (χ3v) is 1.40. The molecule has 2 nitrogen and oxygen atoms in total. The van der Waals surface area contributed by atoms with Crippen molar-refractivity contribution in [2.45, 2.75) is 19.8 Å². The molecule has 0 heterocycles. The van der Waals surface area contributed by atoms with Gasteiger partial charge >= 0.3 is 0 Å². The molecule has 0 atom stereocenters. The summed E-state index contributed by atoms with van der Waals surface area (Å²) in [5.41, 5.74) is 1.15. The Kier molecular flexibility index (Phi) is 3.62. The van der Waals surface area contributed by atoms with E-state index in [0.29, 0.717) is 0 Å². The maximum atomic E-state index is 4.59. The van der Waals surface area contributed by atoms with E-state index in [-0.39, 0.29) is 12.4 Å². The van der Waals surface area contributed by atoms with Crippen molar-refractivity contribution in [3.05, 3.63) is 0 Å². The molecule has 1 rings (SSSR count). The van der Waals surface area contributed by atoms with Crippen LogP contribution in [0.2, 0.25) is 0 Å². The molecule has 1 saturated carbocycles. The lowest BCUT2D eigenvalue weighted by Crippen LogP contribution is -1.92. The molecule has 0 aliphatic heterocycles. The maximum Gasteiger partial charge on any atom is 0.106 e. The Morgan fingerprint density at radius 1 is 1.56 bits per heavy atom. The summed E-state index contributed by atoms with van der Waals surface area (Å²) >= 11 is 0. The van der Waals surface area contributed by atoms with Crippen LogP contribution in [0.1, 0.15) is 19.8 Å². The van der Waals surface area contributed by atoms with Gasteiger partial charge in [0.25, 0.3) is 0 Å². The van der Waals surface area contributed by atoms with E-state index in [4.69, 9.17) is 0 Å². The number of hydrogen-bond acceptors (Lipinski definition) is 2. The number of halogens is 1. The molecule has 0 aromatic carbocycles. The van der Waals surface area contributed by atoms with Crippen LogP contribution in [-0.2, 0) is 4.84 Å². The van der Waals surface area contributed by atoms with E-state index in [1.54, 1.807) is 7.11 Å². The van der Waals surface area contributed by atoms with Crippen molar-refractivity contribution in [2.24, 2.45) is 11.1 Å². The van der Waals surface area contributed by atoms with Crippen LogP contribution in [0.4, 0.5) is 0 Å². The van der Waals surface area contributed by atoms with Gasteiger partial charge in [0.2, 0.25) is 0 Å². The standard InChI is InChI=1S/C6H11NO.ClH/c1-5(7-8-2)6-3-4-6;/h6H,3-4H2,1-2H3;1H. The lowest BCUT2D eigenvalue weighted by molar-refractivity contribution is 0.212. The minimum Gasteiger partial charge on any atom is -0.399 e. The fourth-order valence-corrected chi connectivity index (χ4v) is 0.720. The highest BCUT2D eigenvalue weighted by Crippen LogP contribution is 2.30. The molecule has 0 aromatic heterocycles. The van der Waals surface area contributed by atoms with Gasteiger partial charge in [0, 0.05) is 5.92 Å². The fourth-order valence-electron chi connectivity index (χ4n) is 0.720. The van der Waals surface area contributed by atoms with Crippen molar-refractivity contribution < 1.29 is 4.84 Å². The molecule has 3 heteroatoms. The molecule has 0 bridgehead atoms. The highest BCUT2D eigenvalue weighted by atomic mass is 35.5. The van der Waals surface area contributed by atoms with E-state index in [1.807, 2.05) is 6.92 Å². The van der Waals surface area contributed by atoms with Crippen molar-refractivity contribution in [3.8, 4) is 0 Å². The first kappa shape index (κ1) is 8.76.